The van der Waals surface area contributed by atoms with Gasteiger partial charge in [0.15, 0.2) is 5.03 Å². The molecule has 0 aliphatic carbocycles. The van der Waals surface area contributed by atoms with Crippen molar-refractivity contribution in [1.29, 1.82) is 0 Å². The molecule has 0 aromatic carbocycles. The number of sulfonamides is 1. The molecule has 0 bridgehead atoms. The Morgan fingerprint density at radius 1 is 1.59 bits per heavy atom. The lowest BCUT2D eigenvalue weighted by atomic mass is 10.2. The average molecular weight is 257 g/mol. The highest BCUT2D eigenvalue weighted by Crippen LogP contribution is 2.15. The molecule has 1 atom stereocenters. The van der Waals surface area contributed by atoms with Crippen LogP contribution in [0.1, 0.15) is 12.8 Å². The molecule has 1 aromatic heterocycles. The van der Waals surface area contributed by atoms with E-state index < -0.39 is 10.0 Å². The normalized spacial score (nSPS) is 20.6. The first-order valence-corrected chi connectivity index (χ1v) is 6.89. The number of nitrogens with one attached hydrogen (secondary N) is 1. The highest BCUT2D eigenvalue weighted by molar-refractivity contribution is 7.89. The summed E-state index contributed by atoms with van der Waals surface area (Å²) in [7, 11) is -3.64. The van der Waals surface area contributed by atoms with E-state index in [9.17, 15) is 8.42 Å². The lowest BCUT2D eigenvalue weighted by molar-refractivity contribution is 0.114. The van der Waals surface area contributed by atoms with Crippen LogP contribution in [0.15, 0.2) is 23.4 Å². The Morgan fingerprint density at radius 3 is 3.06 bits per heavy atom. The molecule has 0 spiro atoms. The zero-order chi connectivity index (χ0) is 12.3. The predicted molar refractivity (Wildman–Crippen MR) is 62.8 cm³/mol. The van der Waals surface area contributed by atoms with Crippen molar-refractivity contribution in [3.63, 3.8) is 0 Å². The molecule has 0 amide bonds. The number of pyridine rings is 1. The topological polar surface area (TPSA) is 94.3 Å². The molecule has 1 unspecified atom stereocenters. The number of ether oxygens (including phenoxy) is 1. The molecule has 1 aliphatic heterocycles. The van der Waals surface area contributed by atoms with Crippen LogP contribution >= 0.6 is 0 Å². The van der Waals surface area contributed by atoms with Crippen LogP contribution < -0.4 is 10.5 Å². The van der Waals surface area contributed by atoms with Gasteiger partial charge in [-0.3, -0.25) is 0 Å². The third kappa shape index (κ3) is 2.93. The fourth-order valence-electron chi connectivity index (χ4n) is 1.70. The molecule has 1 aromatic rings. The maximum absolute atomic E-state index is 11.9. The molecule has 3 N–H and O–H groups in total. The summed E-state index contributed by atoms with van der Waals surface area (Å²) >= 11 is 0. The maximum atomic E-state index is 11.9. The molecule has 1 aliphatic rings. The smallest absolute Gasteiger partial charge is 0.260 e. The number of hydrogen-bond donors (Lipinski definition) is 2. The third-order valence-corrected chi connectivity index (χ3v) is 3.98. The molecule has 2 heterocycles. The van der Waals surface area contributed by atoms with Crippen LogP contribution in [-0.2, 0) is 14.8 Å². The van der Waals surface area contributed by atoms with Crippen LogP contribution in [0.2, 0.25) is 0 Å². The second-order valence-corrected chi connectivity index (χ2v) is 5.57. The first-order chi connectivity index (χ1) is 8.09. The van der Waals surface area contributed by atoms with E-state index in [2.05, 4.69) is 9.71 Å². The summed E-state index contributed by atoms with van der Waals surface area (Å²) in [6.07, 6.45) is 3.20. The SMILES string of the molecule is Nc1cccnc1S(=O)(=O)NCC1CCCO1. The lowest BCUT2D eigenvalue weighted by Gasteiger charge is -2.11. The van der Waals surface area contributed by atoms with Crippen molar-refractivity contribution in [3.8, 4) is 0 Å². The fraction of sp³-hybridized carbons (Fsp3) is 0.500. The van der Waals surface area contributed by atoms with Crippen molar-refractivity contribution in [2.24, 2.45) is 0 Å². The summed E-state index contributed by atoms with van der Waals surface area (Å²) in [4.78, 5) is 3.78. The quantitative estimate of drug-likeness (QED) is 0.799. The Morgan fingerprint density at radius 2 is 2.41 bits per heavy atom. The second kappa shape index (κ2) is 4.99. The zero-order valence-electron chi connectivity index (χ0n) is 9.30. The molecule has 17 heavy (non-hydrogen) atoms. The fourth-order valence-corrected chi connectivity index (χ4v) is 2.82. The Kier molecular flexibility index (Phi) is 3.60. The van der Waals surface area contributed by atoms with Crippen molar-refractivity contribution in [2.75, 3.05) is 18.9 Å². The second-order valence-electron chi connectivity index (χ2n) is 3.88. The van der Waals surface area contributed by atoms with Gasteiger partial charge < -0.3 is 10.5 Å². The van der Waals surface area contributed by atoms with Gasteiger partial charge in [0.2, 0.25) is 0 Å². The number of anilines is 1. The van der Waals surface area contributed by atoms with E-state index in [0.717, 1.165) is 12.8 Å². The predicted octanol–water partition coefficient (Wildman–Crippen LogP) is 0.121. The highest BCUT2D eigenvalue weighted by atomic mass is 32.2. The molecule has 2 rings (SSSR count). The van der Waals surface area contributed by atoms with Gasteiger partial charge in [0.1, 0.15) is 0 Å². The van der Waals surface area contributed by atoms with Crippen molar-refractivity contribution < 1.29 is 13.2 Å². The largest absolute Gasteiger partial charge is 0.396 e. The van der Waals surface area contributed by atoms with Crippen molar-refractivity contribution in [3.05, 3.63) is 18.3 Å². The van der Waals surface area contributed by atoms with Gasteiger partial charge in [-0.05, 0) is 25.0 Å². The first kappa shape index (κ1) is 12.3. The van der Waals surface area contributed by atoms with Crippen molar-refractivity contribution in [2.45, 2.75) is 24.0 Å². The van der Waals surface area contributed by atoms with Crippen molar-refractivity contribution in [1.82, 2.24) is 9.71 Å². The van der Waals surface area contributed by atoms with Gasteiger partial charge in [-0.1, -0.05) is 0 Å². The van der Waals surface area contributed by atoms with E-state index in [4.69, 9.17) is 10.5 Å². The van der Waals surface area contributed by atoms with Gasteiger partial charge in [-0.25, -0.2) is 18.1 Å². The highest BCUT2D eigenvalue weighted by Gasteiger charge is 2.22. The summed E-state index contributed by atoms with van der Waals surface area (Å²) in [5.74, 6) is 0. The zero-order valence-corrected chi connectivity index (χ0v) is 10.1. The van der Waals surface area contributed by atoms with Gasteiger partial charge in [-0.2, -0.15) is 0 Å². The molecule has 7 heteroatoms. The van der Waals surface area contributed by atoms with E-state index in [1.165, 1.54) is 12.3 Å². The van der Waals surface area contributed by atoms with Crippen molar-refractivity contribution >= 4 is 15.7 Å². The Labute approximate surface area is 100 Å². The van der Waals surface area contributed by atoms with Gasteiger partial charge in [0.05, 0.1) is 11.8 Å². The van der Waals surface area contributed by atoms with Gasteiger partial charge in [-0.15, -0.1) is 0 Å². The van der Waals surface area contributed by atoms with Gasteiger partial charge >= 0.3 is 0 Å². The third-order valence-electron chi connectivity index (χ3n) is 2.58. The summed E-state index contributed by atoms with van der Waals surface area (Å²) in [6, 6.07) is 3.10. The number of nitrogens with zero attached hydrogens (tertiary/aromatic N) is 1. The summed E-state index contributed by atoms with van der Waals surface area (Å²) < 4.78 is 31.6. The van der Waals surface area contributed by atoms with E-state index in [-0.39, 0.29) is 23.4 Å². The molecule has 94 valence electrons. The minimum absolute atomic E-state index is 0.0466. The molecule has 1 fully saturated rings. The Bertz CT molecular complexity index is 483. The minimum atomic E-state index is -3.64. The summed E-state index contributed by atoms with van der Waals surface area (Å²) in [5, 5.41) is -0.127. The standard InChI is InChI=1S/C10H15N3O3S/c11-9-4-1-5-12-10(9)17(14,15)13-7-8-3-2-6-16-8/h1,4-5,8,13H,2-3,6-7,11H2. The molecular weight excluding hydrogens is 242 g/mol. The van der Waals surface area contributed by atoms with Crippen LogP contribution in [-0.4, -0.2) is 32.7 Å². The van der Waals surface area contributed by atoms with Crippen LogP contribution in [0.3, 0.4) is 0 Å². The van der Waals surface area contributed by atoms with E-state index in [1.807, 2.05) is 0 Å². The first-order valence-electron chi connectivity index (χ1n) is 5.41. The van der Waals surface area contributed by atoms with Gasteiger partial charge in [0, 0.05) is 19.3 Å². The molecule has 0 saturated carbocycles. The molecular formula is C10H15N3O3S. The molecule has 0 radical (unpaired) electrons. The number of aromatic nitrogens is 1. The van der Waals surface area contributed by atoms with Crippen LogP contribution in [0.25, 0.3) is 0 Å². The van der Waals surface area contributed by atoms with E-state index in [0.29, 0.717) is 6.61 Å². The van der Waals surface area contributed by atoms with Gasteiger partial charge in [0.25, 0.3) is 10.0 Å². The number of nitrogen functional groups attached to an aromatic ring is 1. The molecule has 1 saturated heterocycles. The minimum Gasteiger partial charge on any atom is -0.396 e. The number of rotatable bonds is 4. The number of hydrogen-bond acceptors (Lipinski definition) is 5. The monoisotopic (exact) mass is 257 g/mol. The Balaban J connectivity index is 2.06. The maximum Gasteiger partial charge on any atom is 0.260 e. The average Bonchev–Trinajstić information content (AvgIpc) is 2.80. The van der Waals surface area contributed by atoms with E-state index >= 15 is 0 Å². The summed E-state index contributed by atoms with van der Waals surface area (Å²) in [6.45, 7) is 0.955. The van der Waals surface area contributed by atoms with Crippen LogP contribution in [0, 0.1) is 0 Å². The molecule has 6 nitrogen and oxygen atoms in total. The van der Waals surface area contributed by atoms with Crippen LogP contribution in [0.4, 0.5) is 5.69 Å². The van der Waals surface area contributed by atoms with E-state index in [1.54, 1.807) is 6.07 Å². The lowest BCUT2D eigenvalue weighted by Crippen LogP contribution is -2.32. The Hall–Kier alpha value is -1.18. The van der Waals surface area contributed by atoms with Crippen LogP contribution in [0.5, 0.6) is 0 Å². The number of nitrogens with two attached hydrogens (primary N) is 1. The summed E-state index contributed by atoms with van der Waals surface area (Å²) in [5.41, 5.74) is 5.72.